The van der Waals surface area contributed by atoms with Gasteiger partial charge in [-0.25, -0.2) is 0 Å². The van der Waals surface area contributed by atoms with Gasteiger partial charge in [0.1, 0.15) is 11.8 Å². The van der Waals surface area contributed by atoms with Crippen molar-refractivity contribution >= 4 is 5.69 Å². The normalized spacial score (nSPS) is 15.5. The van der Waals surface area contributed by atoms with Gasteiger partial charge in [-0.05, 0) is 42.7 Å². The van der Waals surface area contributed by atoms with Crippen LogP contribution in [0.2, 0.25) is 0 Å². The summed E-state index contributed by atoms with van der Waals surface area (Å²) in [7, 11) is 1.68. The van der Waals surface area contributed by atoms with Gasteiger partial charge in [-0.2, -0.15) is 0 Å². The quantitative estimate of drug-likeness (QED) is 0.799. The van der Waals surface area contributed by atoms with E-state index in [1.807, 2.05) is 30.3 Å². The summed E-state index contributed by atoms with van der Waals surface area (Å²) < 4.78 is 5.22. The van der Waals surface area contributed by atoms with E-state index in [1.165, 1.54) is 31.2 Å². The van der Waals surface area contributed by atoms with Gasteiger partial charge in [-0.3, -0.25) is 0 Å². The molecule has 0 amide bonds. The van der Waals surface area contributed by atoms with Crippen LogP contribution in [0.15, 0.2) is 54.6 Å². The molecule has 23 heavy (non-hydrogen) atoms. The maximum Gasteiger partial charge on any atom is 0.119 e. The van der Waals surface area contributed by atoms with Crippen molar-refractivity contribution in [3.05, 3.63) is 60.2 Å². The average molecular weight is 305 g/mol. The third-order valence-electron chi connectivity index (χ3n) is 4.32. The molecule has 0 aromatic heterocycles. The fraction of sp³-hybridized carbons (Fsp3) is 0.333. The molecule has 0 heterocycles. The zero-order chi connectivity index (χ0) is 15.9. The Morgan fingerprint density at radius 3 is 2.35 bits per heavy atom. The summed E-state index contributed by atoms with van der Waals surface area (Å²) in [4.78, 5) is 0. The molecule has 1 aliphatic carbocycles. The highest BCUT2D eigenvalue weighted by Crippen LogP contribution is 2.25. The monoisotopic (exact) mass is 305 g/mol. The Morgan fingerprint density at radius 1 is 1.00 bits per heavy atom. The van der Waals surface area contributed by atoms with Gasteiger partial charge in [-0.15, -0.1) is 0 Å². The topological polar surface area (TPSA) is 21.3 Å². The highest BCUT2D eigenvalue weighted by atomic mass is 16.5. The molecule has 0 radical (unpaired) electrons. The lowest BCUT2D eigenvalue weighted by Crippen LogP contribution is -2.09. The van der Waals surface area contributed by atoms with Crippen LogP contribution < -0.4 is 10.1 Å². The first-order chi connectivity index (χ1) is 11.3. The van der Waals surface area contributed by atoms with Crippen LogP contribution in [0.1, 0.15) is 37.3 Å². The van der Waals surface area contributed by atoms with E-state index in [2.05, 4.69) is 41.4 Å². The van der Waals surface area contributed by atoms with Crippen LogP contribution in [0.4, 0.5) is 5.69 Å². The lowest BCUT2D eigenvalue weighted by molar-refractivity contribution is 0.415. The Balaban J connectivity index is 1.79. The molecule has 2 aromatic carbocycles. The van der Waals surface area contributed by atoms with Crippen molar-refractivity contribution in [3.63, 3.8) is 0 Å². The van der Waals surface area contributed by atoms with Crippen LogP contribution in [0, 0.1) is 17.8 Å². The molecule has 2 heteroatoms. The third kappa shape index (κ3) is 4.29. The minimum atomic E-state index is 0.0187. The zero-order valence-electron chi connectivity index (χ0n) is 13.6. The molecular weight excluding hydrogens is 282 g/mol. The molecule has 2 nitrogen and oxygen atoms in total. The number of ether oxygens (including phenoxy) is 1. The zero-order valence-corrected chi connectivity index (χ0v) is 13.6. The van der Waals surface area contributed by atoms with E-state index in [-0.39, 0.29) is 6.04 Å². The van der Waals surface area contributed by atoms with Gasteiger partial charge in [-0.1, -0.05) is 55.0 Å². The molecular formula is C21H23NO. The Hall–Kier alpha value is -2.40. The van der Waals surface area contributed by atoms with Gasteiger partial charge < -0.3 is 10.1 Å². The second kappa shape index (κ2) is 7.74. The first-order valence-corrected chi connectivity index (χ1v) is 8.32. The van der Waals surface area contributed by atoms with Crippen molar-refractivity contribution in [2.75, 3.05) is 12.4 Å². The van der Waals surface area contributed by atoms with Gasteiger partial charge >= 0.3 is 0 Å². The number of hydrogen-bond acceptors (Lipinski definition) is 2. The molecule has 1 aliphatic rings. The third-order valence-corrected chi connectivity index (χ3v) is 4.32. The lowest BCUT2D eigenvalue weighted by Gasteiger charge is -2.15. The van der Waals surface area contributed by atoms with Gasteiger partial charge in [0.15, 0.2) is 0 Å². The van der Waals surface area contributed by atoms with E-state index in [4.69, 9.17) is 4.74 Å². The standard InChI is InChI=1S/C21H23NO/c1-23-20-14-12-19(13-15-20)22-21(18-9-3-2-4-10-18)16-11-17-7-5-6-8-17/h2-4,9-10,12-15,17,21-22H,5-8H2,1H3/t21-/m0/s1. The molecule has 0 unspecified atom stereocenters. The number of nitrogens with one attached hydrogen (secondary N) is 1. The second-order valence-electron chi connectivity index (χ2n) is 5.99. The molecule has 1 N–H and O–H groups in total. The number of benzene rings is 2. The molecule has 0 saturated heterocycles. The fourth-order valence-corrected chi connectivity index (χ4v) is 2.97. The number of rotatable bonds is 4. The Bertz CT molecular complexity index is 660. The Morgan fingerprint density at radius 2 is 1.70 bits per heavy atom. The first-order valence-electron chi connectivity index (χ1n) is 8.32. The summed E-state index contributed by atoms with van der Waals surface area (Å²) >= 11 is 0. The first kappa shape index (κ1) is 15.5. The highest BCUT2D eigenvalue weighted by Gasteiger charge is 2.13. The van der Waals surface area contributed by atoms with E-state index < -0.39 is 0 Å². The minimum Gasteiger partial charge on any atom is -0.497 e. The summed E-state index contributed by atoms with van der Waals surface area (Å²) in [6.07, 6.45) is 5.14. The van der Waals surface area contributed by atoms with Crippen molar-refractivity contribution < 1.29 is 4.74 Å². The summed E-state index contributed by atoms with van der Waals surface area (Å²) in [5.41, 5.74) is 2.26. The van der Waals surface area contributed by atoms with E-state index >= 15 is 0 Å². The molecule has 3 rings (SSSR count). The van der Waals surface area contributed by atoms with E-state index in [0.717, 1.165) is 11.4 Å². The van der Waals surface area contributed by atoms with Gasteiger partial charge in [0.2, 0.25) is 0 Å². The average Bonchev–Trinajstić information content (AvgIpc) is 3.13. The van der Waals surface area contributed by atoms with E-state index in [9.17, 15) is 0 Å². The number of methoxy groups -OCH3 is 1. The largest absolute Gasteiger partial charge is 0.497 e. The number of anilines is 1. The SMILES string of the molecule is COc1ccc(N[C@@H](C#CC2CCCC2)c2ccccc2)cc1. The lowest BCUT2D eigenvalue weighted by atomic mass is 10.0. The van der Waals surface area contributed by atoms with Gasteiger partial charge in [0, 0.05) is 11.6 Å². The van der Waals surface area contributed by atoms with Crippen LogP contribution in [0.25, 0.3) is 0 Å². The predicted octanol–water partition coefficient (Wildman–Crippen LogP) is 5.04. The highest BCUT2D eigenvalue weighted by molar-refractivity contribution is 5.50. The summed E-state index contributed by atoms with van der Waals surface area (Å²) in [6.45, 7) is 0. The fourth-order valence-electron chi connectivity index (χ4n) is 2.97. The molecule has 0 spiro atoms. The maximum absolute atomic E-state index is 5.22. The maximum atomic E-state index is 5.22. The summed E-state index contributed by atoms with van der Waals surface area (Å²) in [6, 6.07) is 18.4. The Labute approximate surface area is 138 Å². The molecule has 2 aromatic rings. The second-order valence-corrected chi connectivity index (χ2v) is 5.99. The number of hydrogen-bond donors (Lipinski definition) is 1. The molecule has 1 fully saturated rings. The van der Waals surface area contributed by atoms with E-state index in [0.29, 0.717) is 5.92 Å². The van der Waals surface area contributed by atoms with E-state index in [1.54, 1.807) is 7.11 Å². The molecule has 1 atom stereocenters. The summed E-state index contributed by atoms with van der Waals surface area (Å²) in [5, 5.41) is 3.54. The minimum absolute atomic E-state index is 0.0187. The molecule has 0 aliphatic heterocycles. The molecule has 118 valence electrons. The molecule has 0 bridgehead atoms. The van der Waals surface area contributed by atoms with Crippen molar-refractivity contribution in [2.45, 2.75) is 31.7 Å². The summed E-state index contributed by atoms with van der Waals surface area (Å²) in [5.74, 6) is 8.38. The van der Waals surface area contributed by atoms with Crippen molar-refractivity contribution in [1.29, 1.82) is 0 Å². The van der Waals surface area contributed by atoms with Crippen molar-refractivity contribution in [1.82, 2.24) is 0 Å². The van der Waals surface area contributed by atoms with Crippen LogP contribution in [0.5, 0.6) is 5.75 Å². The van der Waals surface area contributed by atoms with Crippen LogP contribution in [0.3, 0.4) is 0 Å². The predicted molar refractivity (Wildman–Crippen MR) is 95.5 cm³/mol. The van der Waals surface area contributed by atoms with Crippen molar-refractivity contribution in [3.8, 4) is 17.6 Å². The van der Waals surface area contributed by atoms with Crippen LogP contribution >= 0.6 is 0 Å². The van der Waals surface area contributed by atoms with Gasteiger partial charge in [0.05, 0.1) is 7.11 Å². The van der Waals surface area contributed by atoms with Crippen LogP contribution in [-0.4, -0.2) is 7.11 Å². The van der Waals surface area contributed by atoms with Crippen LogP contribution in [-0.2, 0) is 0 Å². The smallest absolute Gasteiger partial charge is 0.119 e. The molecule has 1 saturated carbocycles. The Kier molecular flexibility index (Phi) is 5.21. The van der Waals surface area contributed by atoms with Gasteiger partial charge in [0.25, 0.3) is 0 Å². The van der Waals surface area contributed by atoms with Crippen molar-refractivity contribution in [2.24, 2.45) is 5.92 Å².